The number of benzene rings is 1. The molecule has 0 saturated heterocycles. The average molecular weight is 315 g/mol. The van der Waals surface area contributed by atoms with Gasteiger partial charge >= 0.3 is 0 Å². The second-order valence-corrected chi connectivity index (χ2v) is 5.91. The number of furan rings is 1. The number of Topliss-reactive ketones (excluding diaryl/α,β-unsaturated/α-hetero) is 1. The Balaban J connectivity index is 1.61. The second-order valence-electron chi connectivity index (χ2n) is 5.91. The molecule has 1 aromatic carbocycles. The topological polar surface area (TPSA) is 59.3 Å². The van der Waals surface area contributed by atoms with E-state index in [0.717, 1.165) is 31.2 Å². The smallest absolute Gasteiger partial charge is 0.295 e. The number of carbonyl (C=O) groups excluding carboxylic acids is 2. The van der Waals surface area contributed by atoms with Crippen molar-refractivity contribution >= 4 is 11.7 Å². The third-order valence-corrected chi connectivity index (χ3v) is 4.34. The highest BCUT2D eigenvalue weighted by molar-refractivity contribution is 6.42. The van der Waals surface area contributed by atoms with Crippen molar-refractivity contribution in [3.8, 4) is 0 Å². The molecule has 0 aliphatic heterocycles. The Morgan fingerprint density at radius 3 is 2.65 bits per heavy atom. The van der Waals surface area contributed by atoms with Crippen molar-refractivity contribution in [1.82, 2.24) is 5.32 Å². The Morgan fingerprint density at radius 2 is 1.96 bits per heavy atom. The Labute approximate surface area is 133 Å². The number of amides is 1. The van der Waals surface area contributed by atoms with E-state index in [0.29, 0.717) is 0 Å². The van der Waals surface area contributed by atoms with Crippen molar-refractivity contribution in [2.75, 3.05) is 0 Å². The summed E-state index contributed by atoms with van der Waals surface area (Å²) in [6.45, 7) is 0. The first-order valence-corrected chi connectivity index (χ1v) is 7.76. The third-order valence-electron chi connectivity index (χ3n) is 4.34. The molecule has 4 nitrogen and oxygen atoms in total. The highest BCUT2D eigenvalue weighted by Crippen LogP contribution is 2.29. The van der Waals surface area contributed by atoms with Gasteiger partial charge in [-0.2, -0.15) is 0 Å². The van der Waals surface area contributed by atoms with Crippen LogP contribution in [0, 0.1) is 11.7 Å². The Kier molecular flexibility index (Phi) is 4.55. The maximum Gasteiger partial charge on any atom is 0.295 e. The molecular formula is C18H18FNO3. The molecule has 1 aromatic heterocycles. The van der Waals surface area contributed by atoms with Crippen molar-refractivity contribution in [2.24, 2.45) is 5.92 Å². The van der Waals surface area contributed by atoms with Gasteiger partial charge in [0.15, 0.2) is 5.76 Å². The molecule has 0 unspecified atom stereocenters. The van der Waals surface area contributed by atoms with E-state index in [1.54, 1.807) is 18.2 Å². The summed E-state index contributed by atoms with van der Waals surface area (Å²) < 4.78 is 17.9. The summed E-state index contributed by atoms with van der Waals surface area (Å²) in [5, 5.41) is 2.83. The molecule has 0 bridgehead atoms. The fraction of sp³-hybridized carbons (Fsp3) is 0.333. The van der Waals surface area contributed by atoms with Gasteiger partial charge in [-0.15, -0.1) is 0 Å². The zero-order valence-corrected chi connectivity index (χ0v) is 12.6. The van der Waals surface area contributed by atoms with E-state index in [-0.39, 0.29) is 23.5 Å². The molecule has 3 rings (SSSR count). The van der Waals surface area contributed by atoms with Crippen LogP contribution in [0.15, 0.2) is 47.1 Å². The summed E-state index contributed by atoms with van der Waals surface area (Å²) in [5.41, 5.74) is 1.04. The number of hydrogen-bond acceptors (Lipinski definition) is 3. The molecule has 2 aromatic rings. The molecule has 5 heteroatoms. The lowest BCUT2D eigenvalue weighted by Crippen LogP contribution is -2.41. The summed E-state index contributed by atoms with van der Waals surface area (Å²) in [4.78, 5) is 24.0. The predicted octanol–water partition coefficient (Wildman–Crippen LogP) is 3.13. The number of nitrogens with one attached hydrogen (secondary N) is 1. The highest BCUT2D eigenvalue weighted by atomic mass is 19.1. The van der Waals surface area contributed by atoms with Crippen molar-refractivity contribution in [2.45, 2.75) is 31.7 Å². The maximum atomic E-state index is 13.0. The van der Waals surface area contributed by atoms with Gasteiger partial charge < -0.3 is 9.73 Å². The third kappa shape index (κ3) is 3.67. The summed E-state index contributed by atoms with van der Waals surface area (Å²) in [6.07, 6.45) is 4.97. The van der Waals surface area contributed by atoms with Crippen molar-refractivity contribution < 1.29 is 18.4 Å². The van der Waals surface area contributed by atoms with Crippen LogP contribution in [-0.2, 0) is 11.2 Å². The van der Waals surface area contributed by atoms with Crippen molar-refractivity contribution in [3.63, 3.8) is 0 Å². The summed E-state index contributed by atoms with van der Waals surface area (Å²) in [5.74, 6) is -1.23. The molecular weight excluding hydrogens is 297 g/mol. The predicted molar refractivity (Wildman–Crippen MR) is 82.4 cm³/mol. The van der Waals surface area contributed by atoms with E-state index in [4.69, 9.17) is 4.42 Å². The van der Waals surface area contributed by atoms with Crippen LogP contribution in [0.1, 0.15) is 35.4 Å². The van der Waals surface area contributed by atoms with E-state index in [1.165, 1.54) is 24.5 Å². The quantitative estimate of drug-likeness (QED) is 0.681. The van der Waals surface area contributed by atoms with E-state index in [9.17, 15) is 14.0 Å². The van der Waals surface area contributed by atoms with Gasteiger partial charge in [-0.25, -0.2) is 4.39 Å². The van der Waals surface area contributed by atoms with Crippen LogP contribution in [0.3, 0.4) is 0 Å². The minimum atomic E-state index is -0.651. The van der Waals surface area contributed by atoms with Crippen LogP contribution in [0.5, 0.6) is 0 Å². The summed E-state index contributed by atoms with van der Waals surface area (Å²) >= 11 is 0. The summed E-state index contributed by atoms with van der Waals surface area (Å²) in [7, 11) is 0. The van der Waals surface area contributed by atoms with E-state index < -0.39 is 11.7 Å². The molecule has 1 amide bonds. The van der Waals surface area contributed by atoms with Crippen molar-refractivity contribution in [3.05, 3.63) is 59.8 Å². The van der Waals surface area contributed by atoms with E-state index in [2.05, 4.69) is 5.32 Å². The first-order valence-electron chi connectivity index (χ1n) is 7.76. The lowest BCUT2D eigenvalue weighted by atomic mass is 9.94. The van der Waals surface area contributed by atoms with Crippen LogP contribution in [0.25, 0.3) is 0 Å². The maximum absolute atomic E-state index is 13.0. The Bertz CT molecular complexity index is 679. The monoisotopic (exact) mass is 315 g/mol. The lowest BCUT2D eigenvalue weighted by Gasteiger charge is -2.20. The zero-order valence-electron chi connectivity index (χ0n) is 12.6. The van der Waals surface area contributed by atoms with Crippen molar-refractivity contribution in [1.29, 1.82) is 0 Å². The fourth-order valence-electron chi connectivity index (χ4n) is 3.15. The van der Waals surface area contributed by atoms with Gasteiger partial charge in [0.2, 0.25) is 0 Å². The van der Waals surface area contributed by atoms with E-state index >= 15 is 0 Å². The Morgan fingerprint density at radius 1 is 1.17 bits per heavy atom. The van der Waals surface area contributed by atoms with Crippen LogP contribution >= 0.6 is 0 Å². The highest BCUT2D eigenvalue weighted by Gasteiger charge is 2.31. The molecule has 2 atom stereocenters. The molecule has 1 aliphatic carbocycles. The lowest BCUT2D eigenvalue weighted by molar-refractivity contribution is -0.118. The number of hydrogen-bond donors (Lipinski definition) is 1. The zero-order chi connectivity index (χ0) is 16.2. The number of ketones is 1. The van der Waals surface area contributed by atoms with Crippen LogP contribution in [-0.4, -0.2) is 17.7 Å². The second kappa shape index (κ2) is 6.77. The number of rotatable bonds is 5. The standard InChI is InChI=1S/C18H18FNO3/c19-14-8-6-12(7-9-14)11-13-3-1-4-15(13)20-18(22)17(21)16-5-2-10-23-16/h2,5-10,13,15H,1,3-4,11H2,(H,20,22)/t13-,15-/m1/s1. The first kappa shape index (κ1) is 15.5. The normalized spacial score (nSPS) is 20.4. The molecule has 1 fully saturated rings. The Hall–Kier alpha value is -2.43. The first-order chi connectivity index (χ1) is 11.1. The molecule has 0 spiro atoms. The molecule has 1 N–H and O–H groups in total. The van der Waals surface area contributed by atoms with Crippen LogP contribution < -0.4 is 5.32 Å². The summed E-state index contributed by atoms with van der Waals surface area (Å²) in [6, 6.07) is 9.43. The number of carbonyl (C=O) groups is 2. The van der Waals surface area contributed by atoms with E-state index in [1.807, 2.05) is 0 Å². The SMILES string of the molecule is O=C(N[C@@H]1CCC[C@@H]1Cc1ccc(F)cc1)C(=O)c1ccco1. The fourth-order valence-corrected chi connectivity index (χ4v) is 3.15. The van der Waals surface area contributed by atoms with Gasteiger partial charge in [0.1, 0.15) is 5.82 Å². The molecule has 0 radical (unpaired) electrons. The van der Waals surface area contributed by atoms with Gasteiger partial charge in [-0.3, -0.25) is 9.59 Å². The van der Waals surface area contributed by atoms with Crippen LogP contribution in [0.2, 0.25) is 0 Å². The van der Waals surface area contributed by atoms with Gasteiger partial charge in [0.05, 0.1) is 6.26 Å². The molecule has 1 saturated carbocycles. The van der Waals surface area contributed by atoms with Crippen LogP contribution in [0.4, 0.5) is 4.39 Å². The largest absolute Gasteiger partial charge is 0.461 e. The average Bonchev–Trinajstić information content (AvgIpc) is 3.21. The number of halogens is 1. The minimum absolute atomic E-state index is 0.0357. The minimum Gasteiger partial charge on any atom is -0.461 e. The van der Waals surface area contributed by atoms with Gasteiger partial charge in [0, 0.05) is 6.04 Å². The molecule has 120 valence electrons. The van der Waals surface area contributed by atoms with Gasteiger partial charge in [-0.05, 0) is 55.0 Å². The molecule has 1 heterocycles. The molecule has 23 heavy (non-hydrogen) atoms. The molecule has 1 aliphatic rings. The van der Waals surface area contributed by atoms with Gasteiger partial charge in [0.25, 0.3) is 11.7 Å². The van der Waals surface area contributed by atoms with Gasteiger partial charge in [-0.1, -0.05) is 18.6 Å².